The fraction of sp³-hybridized carbons (Fsp3) is 0.667. The molecular formula is C3H6ClKO2. The first-order valence-corrected chi connectivity index (χ1v) is 1.95. The van der Waals surface area contributed by atoms with E-state index in [2.05, 4.69) is 0 Å². The first-order chi connectivity index (χ1) is 2.64. The Bertz CT molecular complexity index is 68.3. The Kier molecular flexibility index (Phi) is 8.87. The maximum absolute atomic E-state index is 9.57. The van der Waals surface area contributed by atoms with Gasteiger partial charge in [-0.15, -0.1) is 11.6 Å². The van der Waals surface area contributed by atoms with Crippen LogP contribution in [0.2, 0.25) is 0 Å². The molecule has 0 aliphatic carbocycles. The largest absolute Gasteiger partial charge is 1.00 e. The monoisotopic (exact) mass is 148 g/mol. The molecule has 0 rings (SSSR count). The van der Waals surface area contributed by atoms with Crippen LogP contribution in [0.4, 0.5) is 0 Å². The number of carboxylic acid groups (broad SMARTS) is 1. The quantitative estimate of drug-likeness (QED) is 0.339. The Balaban J connectivity index is -0.000000125. The van der Waals surface area contributed by atoms with E-state index in [0.717, 1.165) is 0 Å². The molecule has 0 aromatic heterocycles. The van der Waals surface area contributed by atoms with Crippen LogP contribution in [-0.4, -0.2) is 16.5 Å². The van der Waals surface area contributed by atoms with Crippen molar-refractivity contribution in [3.63, 3.8) is 0 Å². The van der Waals surface area contributed by atoms with Crippen molar-refractivity contribution in [2.75, 3.05) is 0 Å². The van der Waals surface area contributed by atoms with Crippen LogP contribution in [0.3, 0.4) is 0 Å². The van der Waals surface area contributed by atoms with Crippen LogP contribution >= 0.6 is 11.6 Å². The molecule has 0 bridgehead atoms. The van der Waals surface area contributed by atoms with Crippen LogP contribution in [0.15, 0.2) is 0 Å². The molecule has 0 saturated heterocycles. The summed E-state index contributed by atoms with van der Waals surface area (Å²) in [5.41, 5.74) is 0. The Morgan fingerprint density at radius 3 is 2.14 bits per heavy atom. The van der Waals surface area contributed by atoms with Crippen LogP contribution in [0.5, 0.6) is 0 Å². The number of carbonyl (C=O) groups is 1. The molecule has 0 radical (unpaired) electrons. The van der Waals surface area contributed by atoms with Crippen molar-refractivity contribution in [3.8, 4) is 0 Å². The molecule has 38 valence electrons. The molecule has 4 heteroatoms. The predicted molar refractivity (Wildman–Crippen MR) is 24.1 cm³/mol. The number of rotatable bonds is 1. The Hall–Kier alpha value is 1.40. The number of hydrogen-bond acceptors (Lipinski definition) is 1. The molecule has 0 heterocycles. The second kappa shape index (κ2) is 5.53. The van der Waals surface area contributed by atoms with Crippen molar-refractivity contribution in [1.82, 2.24) is 0 Å². The van der Waals surface area contributed by atoms with Crippen molar-refractivity contribution in [1.29, 1.82) is 0 Å². The minimum absolute atomic E-state index is 0. The third kappa shape index (κ3) is 7.40. The smallest absolute Gasteiger partial charge is 1.00 e. The van der Waals surface area contributed by atoms with Crippen molar-refractivity contribution in [2.24, 2.45) is 0 Å². The van der Waals surface area contributed by atoms with E-state index in [0.29, 0.717) is 0 Å². The zero-order valence-electron chi connectivity index (χ0n) is 5.31. The summed E-state index contributed by atoms with van der Waals surface area (Å²) >= 11 is 5.01. The van der Waals surface area contributed by atoms with E-state index >= 15 is 0 Å². The van der Waals surface area contributed by atoms with Gasteiger partial charge in [0.25, 0.3) is 0 Å². The fourth-order valence-electron chi connectivity index (χ4n) is 0. The molecule has 0 aliphatic rings. The van der Waals surface area contributed by atoms with Gasteiger partial charge in [0.1, 0.15) is 5.38 Å². The first kappa shape index (κ1) is 11.2. The van der Waals surface area contributed by atoms with E-state index in [1.807, 2.05) is 0 Å². The zero-order valence-corrected chi connectivity index (χ0v) is 8.19. The molecule has 0 aliphatic heterocycles. The average Bonchev–Trinajstić information content (AvgIpc) is 1.36. The molecule has 0 fully saturated rings. The molecule has 0 aromatic carbocycles. The third-order valence-electron chi connectivity index (χ3n) is 0.340. The van der Waals surface area contributed by atoms with E-state index in [4.69, 9.17) is 16.7 Å². The molecule has 2 nitrogen and oxygen atoms in total. The van der Waals surface area contributed by atoms with Crippen molar-refractivity contribution in [2.45, 2.75) is 12.3 Å². The summed E-state index contributed by atoms with van der Waals surface area (Å²) in [4.78, 5) is 9.57. The summed E-state index contributed by atoms with van der Waals surface area (Å²) in [5, 5.41) is 7.10. The second-order valence-electron chi connectivity index (χ2n) is 0.954. The predicted octanol–water partition coefficient (Wildman–Crippen LogP) is -2.19. The van der Waals surface area contributed by atoms with Gasteiger partial charge in [-0.05, 0) is 6.92 Å². The van der Waals surface area contributed by atoms with Gasteiger partial charge >= 0.3 is 57.4 Å². The fourth-order valence-corrected chi connectivity index (χ4v) is 0. The van der Waals surface area contributed by atoms with Crippen molar-refractivity contribution >= 4 is 17.6 Å². The molecule has 0 saturated carbocycles. The van der Waals surface area contributed by atoms with Crippen LogP contribution in [0.1, 0.15) is 8.35 Å². The van der Waals surface area contributed by atoms with E-state index < -0.39 is 11.3 Å². The van der Waals surface area contributed by atoms with Crippen LogP contribution in [0.25, 0.3) is 0 Å². The molecule has 0 amide bonds. The number of alkyl halides is 1. The van der Waals surface area contributed by atoms with Crippen molar-refractivity contribution < 1.29 is 62.7 Å². The molecular weight excluding hydrogens is 143 g/mol. The minimum atomic E-state index is -0.975. The molecule has 0 spiro atoms. The second-order valence-corrected chi connectivity index (χ2v) is 1.61. The van der Waals surface area contributed by atoms with Gasteiger partial charge in [-0.25, -0.2) is 0 Å². The SMILES string of the molecule is CC(Cl)C(=O)O.[H-].[K+]. The van der Waals surface area contributed by atoms with Gasteiger partial charge in [-0.3, -0.25) is 4.79 Å². The summed E-state index contributed by atoms with van der Waals surface area (Å²) in [7, 11) is 0. The third-order valence-corrected chi connectivity index (χ3v) is 0.527. The number of aliphatic carboxylic acids is 1. The van der Waals surface area contributed by atoms with E-state index in [-0.39, 0.29) is 52.8 Å². The van der Waals surface area contributed by atoms with Gasteiger partial charge in [0.05, 0.1) is 0 Å². The number of carboxylic acids is 1. The summed E-state index contributed by atoms with van der Waals surface area (Å²) < 4.78 is 0. The summed E-state index contributed by atoms with van der Waals surface area (Å²) in [6.45, 7) is 1.41. The Labute approximate surface area is 91.1 Å². The average molecular weight is 149 g/mol. The topological polar surface area (TPSA) is 37.3 Å². The normalized spacial score (nSPS) is 11.7. The molecule has 1 atom stereocenters. The van der Waals surface area contributed by atoms with E-state index in [9.17, 15) is 4.79 Å². The Morgan fingerprint density at radius 1 is 2.00 bits per heavy atom. The molecule has 1 N–H and O–H groups in total. The maximum Gasteiger partial charge on any atom is 1.00 e. The summed E-state index contributed by atoms with van der Waals surface area (Å²) in [6.07, 6.45) is 0. The van der Waals surface area contributed by atoms with Crippen LogP contribution < -0.4 is 51.4 Å². The molecule has 1 unspecified atom stereocenters. The summed E-state index contributed by atoms with van der Waals surface area (Å²) in [6, 6.07) is 0. The molecule has 0 aromatic rings. The van der Waals surface area contributed by atoms with Gasteiger partial charge in [0.2, 0.25) is 0 Å². The van der Waals surface area contributed by atoms with Crippen LogP contribution in [-0.2, 0) is 4.79 Å². The van der Waals surface area contributed by atoms with Gasteiger partial charge in [0.15, 0.2) is 0 Å². The zero-order chi connectivity index (χ0) is 5.15. The van der Waals surface area contributed by atoms with Crippen molar-refractivity contribution in [3.05, 3.63) is 0 Å². The van der Waals surface area contributed by atoms with Crippen LogP contribution in [0, 0.1) is 0 Å². The van der Waals surface area contributed by atoms with Gasteiger partial charge in [0, 0.05) is 0 Å². The van der Waals surface area contributed by atoms with E-state index in [1.54, 1.807) is 0 Å². The number of hydrogen-bond donors (Lipinski definition) is 1. The van der Waals surface area contributed by atoms with Gasteiger partial charge in [-0.1, -0.05) is 0 Å². The maximum atomic E-state index is 9.57. The minimum Gasteiger partial charge on any atom is -1.00 e. The van der Waals surface area contributed by atoms with Gasteiger partial charge in [-0.2, -0.15) is 0 Å². The standard InChI is InChI=1S/C3H5ClO2.K.H/c1-2(4)3(5)6;;/h2H,1H3,(H,5,6);;/q;+1;-1. The number of halogens is 1. The van der Waals surface area contributed by atoms with E-state index in [1.165, 1.54) is 6.92 Å². The Morgan fingerprint density at radius 2 is 2.14 bits per heavy atom. The summed E-state index contributed by atoms with van der Waals surface area (Å²) in [5.74, 6) is -0.975. The van der Waals surface area contributed by atoms with Gasteiger partial charge < -0.3 is 6.53 Å². The first-order valence-electron chi connectivity index (χ1n) is 1.51. The molecule has 7 heavy (non-hydrogen) atoms.